The van der Waals surface area contributed by atoms with Crippen LogP contribution in [0.4, 0.5) is 4.79 Å². The molecule has 0 atom stereocenters. The Balaban J connectivity index is 1.56. The van der Waals surface area contributed by atoms with Crippen LogP contribution in [0.3, 0.4) is 0 Å². The van der Waals surface area contributed by atoms with Crippen molar-refractivity contribution >= 4 is 28.7 Å². The van der Waals surface area contributed by atoms with Crippen LogP contribution in [0.1, 0.15) is 42.5 Å². The van der Waals surface area contributed by atoms with E-state index in [4.69, 9.17) is 9.47 Å². The molecular formula is C21H24N2O5. The summed E-state index contributed by atoms with van der Waals surface area (Å²) in [4.78, 5) is 36.2. The molecule has 28 heavy (non-hydrogen) atoms. The van der Waals surface area contributed by atoms with Crippen molar-refractivity contribution in [2.24, 2.45) is 0 Å². The smallest absolute Gasteiger partial charge is 0.339 e. The average Bonchev–Trinajstić information content (AvgIpc) is 2.71. The number of hydrogen-bond donors (Lipinski definition) is 2. The van der Waals surface area contributed by atoms with Gasteiger partial charge in [0.25, 0.3) is 5.91 Å². The molecule has 0 saturated heterocycles. The molecule has 0 unspecified atom stereocenters. The molecular weight excluding hydrogens is 360 g/mol. The van der Waals surface area contributed by atoms with E-state index in [9.17, 15) is 14.4 Å². The lowest BCUT2D eigenvalue weighted by Gasteiger charge is -2.22. The van der Waals surface area contributed by atoms with Crippen molar-refractivity contribution in [3.05, 3.63) is 42.0 Å². The van der Waals surface area contributed by atoms with Crippen molar-refractivity contribution in [2.45, 2.75) is 38.1 Å². The topological polar surface area (TPSA) is 93.7 Å². The molecule has 1 saturated carbocycles. The molecule has 0 radical (unpaired) electrons. The number of methoxy groups -OCH3 is 1. The summed E-state index contributed by atoms with van der Waals surface area (Å²) in [5.74, 6) is -0.662. The van der Waals surface area contributed by atoms with Gasteiger partial charge in [0.2, 0.25) is 0 Å². The highest BCUT2D eigenvalue weighted by molar-refractivity contribution is 6.07. The number of fused-ring (bicyclic) bond motifs is 1. The van der Waals surface area contributed by atoms with Crippen molar-refractivity contribution in [1.29, 1.82) is 0 Å². The molecule has 1 aliphatic rings. The van der Waals surface area contributed by atoms with Gasteiger partial charge in [-0.25, -0.2) is 9.59 Å². The van der Waals surface area contributed by atoms with Crippen LogP contribution < -0.4 is 15.4 Å². The SMILES string of the molecule is COc1ccc(C(=O)OCC(=O)NC(=O)NC2CCCCC2)c2ccccc12. The Bertz CT molecular complexity index is 874. The van der Waals surface area contributed by atoms with E-state index in [0.29, 0.717) is 16.7 Å². The number of amides is 3. The number of rotatable bonds is 5. The second-order valence-corrected chi connectivity index (χ2v) is 6.79. The second kappa shape index (κ2) is 9.21. The average molecular weight is 384 g/mol. The molecule has 1 fully saturated rings. The number of carbonyl (C=O) groups excluding carboxylic acids is 3. The minimum absolute atomic E-state index is 0.0924. The summed E-state index contributed by atoms with van der Waals surface area (Å²) in [7, 11) is 1.56. The van der Waals surface area contributed by atoms with Crippen LogP contribution in [-0.4, -0.2) is 37.7 Å². The number of carbonyl (C=O) groups is 3. The number of urea groups is 1. The summed E-state index contributed by atoms with van der Waals surface area (Å²) in [6, 6.07) is 10.1. The number of esters is 1. The molecule has 7 nitrogen and oxygen atoms in total. The van der Waals surface area contributed by atoms with Crippen LogP contribution in [-0.2, 0) is 9.53 Å². The van der Waals surface area contributed by atoms with Gasteiger partial charge in [0, 0.05) is 11.4 Å². The van der Waals surface area contributed by atoms with E-state index >= 15 is 0 Å². The highest BCUT2D eigenvalue weighted by Gasteiger charge is 2.19. The van der Waals surface area contributed by atoms with Gasteiger partial charge in [-0.15, -0.1) is 0 Å². The standard InChI is InChI=1S/C21H24N2O5/c1-27-18-12-11-17(15-9-5-6-10-16(15)18)20(25)28-13-19(24)23-21(26)22-14-7-3-2-4-8-14/h5-6,9-12,14H,2-4,7-8,13H2,1H3,(H2,22,23,24,26). The van der Waals surface area contributed by atoms with E-state index in [2.05, 4.69) is 10.6 Å². The van der Waals surface area contributed by atoms with E-state index in [0.717, 1.165) is 31.1 Å². The van der Waals surface area contributed by atoms with Gasteiger partial charge in [-0.3, -0.25) is 10.1 Å². The molecule has 1 aliphatic carbocycles. The van der Waals surface area contributed by atoms with E-state index in [-0.39, 0.29) is 6.04 Å². The van der Waals surface area contributed by atoms with E-state index in [1.165, 1.54) is 6.42 Å². The normalized spacial score (nSPS) is 14.3. The number of nitrogens with one attached hydrogen (secondary N) is 2. The first-order valence-electron chi connectivity index (χ1n) is 9.41. The molecule has 0 heterocycles. The van der Waals surface area contributed by atoms with E-state index in [1.54, 1.807) is 31.4 Å². The lowest BCUT2D eigenvalue weighted by Crippen LogP contribution is -2.46. The van der Waals surface area contributed by atoms with Gasteiger partial charge in [-0.05, 0) is 30.4 Å². The van der Waals surface area contributed by atoms with Crippen molar-refractivity contribution in [3.63, 3.8) is 0 Å². The van der Waals surface area contributed by atoms with Crippen molar-refractivity contribution in [3.8, 4) is 5.75 Å². The fourth-order valence-electron chi connectivity index (χ4n) is 3.47. The molecule has 0 aliphatic heterocycles. The van der Waals surface area contributed by atoms with Crippen LogP contribution in [0, 0.1) is 0 Å². The summed E-state index contributed by atoms with van der Waals surface area (Å²) in [5.41, 5.74) is 0.329. The molecule has 2 aromatic carbocycles. The molecule has 2 N–H and O–H groups in total. The summed E-state index contributed by atoms with van der Waals surface area (Å²) < 4.78 is 10.4. The minimum atomic E-state index is -0.667. The number of imide groups is 1. The third-order valence-corrected chi connectivity index (χ3v) is 4.85. The van der Waals surface area contributed by atoms with Crippen molar-refractivity contribution in [1.82, 2.24) is 10.6 Å². The molecule has 3 amide bonds. The summed E-state index contributed by atoms with van der Waals surface area (Å²) in [5, 5.41) is 6.43. The van der Waals surface area contributed by atoms with Gasteiger partial charge in [0.15, 0.2) is 6.61 Å². The Labute approximate surface area is 163 Å². The molecule has 0 aromatic heterocycles. The Morgan fingerprint density at radius 2 is 1.71 bits per heavy atom. The van der Waals surface area contributed by atoms with Crippen LogP contribution in [0.25, 0.3) is 10.8 Å². The predicted octanol–water partition coefficient (Wildman–Crippen LogP) is 3.16. The largest absolute Gasteiger partial charge is 0.496 e. The highest BCUT2D eigenvalue weighted by atomic mass is 16.5. The maximum Gasteiger partial charge on any atom is 0.339 e. The third-order valence-electron chi connectivity index (χ3n) is 4.85. The van der Waals surface area contributed by atoms with Crippen molar-refractivity contribution < 1.29 is 23.9 Å². The minimum Gasteiger partial charge on any atom is -0.496 e. The van der Waals surface area contributed by atoms with Crippen LogP contribution in [0.5, 0.6) is 5.75 Å². The monoisotopic (exact) mass is 384 g/mol. The Morgan fingerprint density at radius 1 is 1.00 bits per heavy atom. The van der Waals surface area contributed by atoms with Gasteiger partial charge in [-0.2, -0.15) is 0 Å². The second-order valence-electron chi connectivity index (χ2n) is 6.79. The quantitative estimate of drug-likeness (QED) is 0.773. The molecule has 7 heteroatoms. The number of benzene rings is 2. The third kappa shape index (κ3) is 4.79. The first kappa shape index (κ1) is 19.7. The molecule has 148 valence electrons. The zero-order valence-electron chi connectivity index (χ0n) is 15.8. The lowest BCUT2D eigenvalue weighted by molar-refractivity contribution is -0.123. The first-order valence-corrected chi connectivity index (χ1v) is 9.41. The van der Waals surface area contributed by atoms with E-state index in [1.807, 2.05) is 12.1 Å². The fourth-order valence-corrected chi connectivity index (χ4v) is 3.47. The first-order chi connectivity index (χ1) is 13.6. The molecule has 0 spiro atoms. The maximum atomic E-state index is 12.4. The molecule has 0 bridgehead atoms. The zero-order chi connectivity index (χ0) is 19.9. The predicted molar refractivity (Wildman–Crippen MR) is 104 cm³/mol. The van der Waals surface area contributed by atoms with Gasteiger partial charge < -0.3 is 14.8 Å². The van der Waals surface area contributed by atoms with Crippen LogP contribution in [0.2, 0.25) is 0 Å². The molecule has 2 aromatic rings. The fraction of sp³-hybridized carbons (Fsp3) is 0.381. The summed E-state index contributed by atoms with van der Waals surface area (Å²) >= 11 is 0. The zero-order valence-corrected chi connectivity index (χ0v) is 15.8. The van der Waals surface area contributed by atoms with Gasteiger partial charge in [-0.1, -0.05) is 43.5 Å². The van der Waals surface area contributed by atoms with Crippen LogP contribution >= 0.6 is 0 Å². The number of ether oxygens (including phenoxy) is 2. The molecule has 3 rings (SSSR count). The van der Waals surface area contributed by atoms with Gasteiger partial charge in [0.1, 0.15) is 5.75 Å². The lowest BCUT2D eigenvalue weighted by atomic mass is 9.96. The highest BCUT2D eigenvalue weighted by Crippen LogP contribution is 2.28. The summed E-state index contributed by atoms with van der Waals surface area (Å²) in [6.45, 7) is -0.530. The Hall–Kier alpha value is -3.09. The maximum absolute atomic E-state index is 12.4. The van der Waals surface area contributed by atoms with Crippen LogP contribution in [0.15, 0.2) is 36.4 Å². The van der Waals surface area contributed by atoms with Crippen molar-refractivity contribution in [2.75, 3.05) is 13.7 Å². The van der Waals surface area contributed by atoms with Gasteiger partial charge in [0.05, 0.1) is 12.7 Å². The Morgan fingerprint density at radius 3 is 2.43 bits per heavy atom. The Kier molecular flexibility index (Phi) is 6.47. The number of hydrogen-bond acceptors (Lipinski definition) is 5. The summed E-state index contributed by atoms with van der Waals surface area (Å²) in [6.07, 6.45) is 5.16. The van der Waals surface area contributed by atoms with E-state index < -0.39 is 24.5 Å². The van der Waals surface area contributed by atoms with Gasteiger partial charge >= 0.3 is 12.0 Å².